The number of hydrogen-bond acceptors (Lipinski definition) is 2. The molecule has 0 saturated carbocycles. The van der Waals surface area contributed by atoms with Gasteiger partial charge in [-0.2, -0.15) is 0 Å². The molecule has 0 aliphatic heterocycles. The number of hydrogen-bond donors (Lipinski definition) is 1. The van der Waals surface area contributed by atoms with Gasteiger partial charge in [-0.25, -0.2) is 0 Å². The van der Waals surface area contributed by atoms with Crippen LogP contribution in [0.4, 0.5) is 0 Å². The minimum Gasteiger partial charge on any atom is -0.389 e. The van der Waals surface area contributed by atoms with Crippen molar-refractivity contribution in [3.05, 3.63) is 35.9 Å². The molecule has 0 amide bonds. The number of rotatable bonds is 6. The normalized spacial score (nSPS) is 10.8. The summed E-state index contributed by atoms with van der Waals surface area (Å²) >= 11 is 0. The van der Waals surface area contributed by atoms with Crippen LogP contribution < -0.4 is 0 Å². The summed E-state index contributed by atoms with van der Waals surface area (Å²) in [6, 6.07) is 10.1. The third-order valence-corrected chi connectivity index (χ3v) is 2.35. The fourth-order valence-electron chi connectivity index (χ4n) is 1.39. The average Bonchev–Trinajstić information content (AvgIpc) is 2.32. The summed E-state index contributed by atoms with van der Waals surface area (Å²) in [5, 5.41) is 9.46. The molecular weight excluding hydrogens is 224 g/mol. The highest BCUT2D eigenvalue weighted by atomic mass is 16.5. The van der Waals surface area contributed by atoms with Gasteiger partial charge < -0.3 is 9.84 Å². The highest BCUT2D eigenvalue weighted by Gasteiger charge is 2.08. The van der Waals surface area contributed by atoms with Gasteiger partial charge in [0.1, 0.15) is 0 Å². The molecule has 0 fully saturated rings. The maximum atomic E-state index is 9.46. The lowest BCUT2D eigenvalue weighted by atomic mass is 10.1. The Morgan fingerprint density at radius 3 is 2.56 bits per heavy atom. The van der Waals surface area contributed by atoms with Crippen LogP contribution in [0.15, 0.2) is 30.3 Å². The Morgan fingerprint density at radius 2 is 1.89 bits per heavy atom. The van der Waals surface area contributed by atoms with E-state index in [0.29, 0.717) is 13.0 Å². The maximum Gasteiger partial charge on any atom is 0.0716 e. The summed E-state index contributed by atoms with van der Waals surface area (Å²) in [5.74, 6) is 6.03. The van der Waals surface area contributed by atoms with Crippen molar-refractivity contribution in [1.82, 2.24) is 0 Å². The highest BCUT2D eigenvalue weighted by Crippen LogP contribution is 2.05. The van der Waals surface area contributed by atoms with E-state index in [4.69, 9.17) is 4.74 Å². The fourth-order valence-corrected chi connectivity index (χ4v) is 1.39. The molecule has 0 spiro atoms. The van der Waals surface area contributed by atoms with E-state index in [-0.39, 0.29) is 0 Å². The number of ether oxygens (including phenoxy) is 1. The van der Waals surface area contributed by atoms with Crippen molar-refractivity contribution >= 4 is 0 Å². The monoisotopic (exact) mass is 246 g/mol. The molecule has 0 heterocycles. The van der Waals surface area contributed by atoms with Crippen LogP contribution in [-0.2, 0) is 11.3 Å². The molecule has 1 N–H and O–H groups in total. The van der Waals surface area contributed by atoms with Gasteiger partial charge in [0.25, 0.3) is 0 Å². The second-order valence-corrected chi connectivity index (χ2v) is 4.98. The van der Waals surface area contributed by atoms with Crippen molar-refractivity contribution in [2.24, 2.45) is 0 Å². The predicted molar refractivity (Wildman–Crippen MR) is 74.0 cm³/mol. The van der Waals surface area contributed by atoms with E-state index in [0.717, 1.165) is 19.4 Å². The molecule has 18 heavy (non-hydrogen) atoms. The van der Waals surface area contributed by atoms with Gasteiger partial charge in [0.15, 0.2) is 0 Å². The minimum absolute atomic E-state index is 0.526. The van der Waals surface area contributed by atoms with Crippen LogP contribution in [0, 0.1) is 11.8 Å². The van der Waals surface area contributed by atoms with Crippen molar-refractivity contribution in [2.75, 3.05) is 6.61 Å². The van der Waals surface area contributed by atoms with Crippen molar-refractivity contribution in [3.8, 4) is 11.8 Å². The Hall–Kier alpha value is -1.30. The molecule has 0 unspecified atom stereocenters. The molecule has 0 radical (unpaired) electrons. The summed E-state index contributed by atoms with van der Waals surface area (Å²) in [5.41, 5.74) is 0.516. The standard InChI is InChI=1S/C16H22O2/c1-16(2,17)12-8-3-4-9-13-18-14-15-10-6-5-7-11-15/h5-7,10-11,17H,4,9,12-14H2,1-2H3. The van der Waals surface area contributed by atoms with Crippen LogP contribution in [0.2, 0.25) is 0 Å². The Kier molecular flexibility index (Phi) is 6.49. The molecule has 0 aliphatic carbocycles. The highest BCUT2D eigenvalue weighted by molar-refractivity contribution is 5.13. The van der Waals surface area contributed by atoms with Crippen LogP contribution in [0.3, 0.4) is 0 Å². The first-order valence-electron chi connectivity index (χ1n) is 6.38. The van der Waals surface area contributed by atoms with Crippen LogP contribution in [0.1, 0.15) is 38.7 Å². The Balaban J connectivity index is 2.03. The van der Waals surface area contributed by atoms with Gasteiger partial charge in [0.05, 0.1) is 12.2 Å². The molecular formula is C16H22O2. The third kappa shape index (κ3) is 7.89. The lowest BCUT2D eigenvalue weighted by Gasteiger charge is -2.11. The van der Waals surface area contributed by atoms with Gasteiger partial charge in [-0.1, -0.05) is 30.3 Å². The van der Waals surface area contributed by atoms with Gasteiger partial charge in [0, 0.05) is 19.4 Å². The van der Waals surface area contributed by atoms with Crippen LogP contribution in [0.5, 0.6) is 0 Å². The Morgan fingerprint density at radius 1 is 1.17 bits per heavy atom. The first kappa shape index (κ1) is 14.8. The van der Waals surface area contributed by atoms with E-state index in [1.54, 1.807) is 13.8 Å². The minimum atomic E-state index is -0.684. The number of benzene rings is 1. The first-order chi connectivity index (χ1) is 8.58. The van der Waals surface area contributed by atoms with Gasteiger partial charge in [0.2, 0.25) is 0 Å². The maximum absolute atomic E-state index is 9.46. The third-order valence-electron chi connectivity index (χ3n) is 2.35. The molecule has 2 nitrogen and oxygen atoms in total. The molecule has 1 aromatic rings. The Bertz CT molecular complexity index is 379. The van der Waals surface area contributed by atoms with Crippen molar-refractivity contribution in [1.29, 1.82) is 0 Å². The molecule has 1 aromatic carbocycles. The zero-order valence-corrected chi connectivity index (χ0v) is 11.3. The molecule has 2 heteroatoms. The molecule has 0 aliphatic rings. The largest absolute Gasteiger partial charge is 0.389 e. The van der Waals surface area contributed by atoms with E-state index >= 15 is 0 Å². The number of aliphatic hydroxyl groups is 1. The summed E-state index contributed by atoms with van der Waals surface area (Å²) in [6.07, 6.45) is 2.29. The van der Waals surface area contributed by atoms with E-state index in [2.05, 4.69) is 24.0 Å². The van der Waals surface area contributed by atoms with Crippen molar-refractivity contribution in [3.63, 3.8) is 0 Å². The lowest BCUT2D eigenvalue weighted by Crippen LogP contribution is -2.16. The summed E-state index contributed by atoms with van der Waals surface area (Å²) in [4.78, 5) is 0. The number of unbranched alkanes of at least 4 members (excludes halogenated alkanes) is 1. The van der Waals surface area contributed by atoms with Gasteiger partial charge in [-0.15, -0.1) is 11.8 Å². The predicted octanol–water partition coefficient (Wildman–Crippen LogP) is 3.15. The molecule has 0 saturated heterocycles. The first-order valence-corrected chi connectivity index (χ1v) is 6.38. The van der Waals surface area contributed by atoms with Crippen molar-refractivity contribution < 1.29 is 9.84 Å². The Labute approximate surface area is 110 Å². The zero-order chi connectivity index (χ0) is 13.3. The second kappa shape index (κ2) is 7.92. The molecule has 0 bridgehead atoms. The summed E-state index contributed by atoms with van der Waals surface area (Å²) in [6.45, 7) is 4.93. The molecule has 1 rings (SSSR count). The smallest absolute Gasteiger partial charge is 0.0716 e. The van der Waals surface area contributed by atoms with Crippen LogP contribution >= 0.6 is 0 Å². The van der Waals surface area contributed by atoms with E-state index < -0.39 is 5.60 Å². The van der Waals surface area contributed by atoms with E-state index in [1.807, 2.05) is 18.2 Å². The van der Waals surface area contributed by atoms with Crippen LogP contribution in [-0.4, -0.2) is 17.3 Å². The van der Waals surface area contributed by atoms with Gasteiger partial charge in [-0.3, -0.25) is 0 Å². The quantitative estimate of drug-likeness (QED) is 0.617. The second-order valence-electron chi connectivity index (χ2n) is 4.98. The SMILES string of the molecule is CC(C)(O)CC#CCCCOCc1ccccc1. The molecule has 0 atom stereocenters. The van der Waals surface area contributed by atoms with Gasteiger partial charge >= 0.3 is 0 Å². The topological polar surface area (TPSA) is 29.5 Å². The fraction of sp³-hybridized carbons (Fsp3) is 0.500. The lowest BCUT2D eigenvalue weighted by molar-refractivity contribution is 0.0862. The van der Waals surface area contributed by atoms with E-state index in [9.17, 15) is 5.11 Å². The molecule has 98 valence electrons. The average molecular weight is 246 g/mol. The molecule has 0 aromatic heterocycles. The van der Waals surface area contributed by atoms with Gasteiger partial charge in [-0.05, 0) is 25.8 Å². The van der Waals surface area contributed by atoms with Crippen LogP contribution in [0.25, 0.3) is 0 Å². The van der Waals surface area contributed by atoms with Crippen molar-refractivity contribution in [2.45, 2.75) is 45.3 Å². The zero-order valence-electron chi connectivity index (χ0n) is 11.3. The summed E-state index contributed by atoms with van der Waals surface area (Å²) < 4.78 is 5.55. The van der Waals surface area contributed by atoms with E-state index in [1.165, 1.54) is 5.56 Å². The summed E-state index contributed by atoms with van der Waals surface area (Å²) in [7, 11) is 0.